The molecule has 0 aliphatic carbocycles. The molecular formula is C29H28N2O4. The lowest BCUT2D eigenvalue weighted by molar-refractivity contribution is -0.138. The van der Waals surface area contributed by atoms with Crippen LogP contribution in [0.3, 0.4) is 0 Å². The molecule has 6 heteroatoms. The number of para-hydroxylation sites is 1. The van der Waals surface area contributed by atoms with E-state index < -0.39 is 11.9 Å². The van der Waals surface area contributed by atoms with Crippen LogP contribution in [0.2, 0.25) is 0 Å². The number of nitrogens with one attached hydrogen (secondary N) is 1. The SMILES string of the molecule is CCOC(=O)C1=C(C(C)C(=O)c2ccccc2)N=C(c2ccccc2OCc2ccccc2)NC1. The van der Waals surface area contributed by atoms with Crippen molar-refractivity contribution < 1.29 is 19.1 Å². The summed E-state index contributed by atoms with van der Waals surface area (Å²) >= 11 is 0. The fourth-order valence-electron chi connectivity index (χ4n) is 3.90. The zero-order valence-electron chi connectivity index (χ0n) is 19.9. The molecule has 1 unspecified atom stereocenters. The summed E-state index contributed by atoms with van der Waals surface area (Å²) in [4.78, 5) is 30.7. The Kier molecular flexibility index (Phi) is 7.73. The summed E-state index contributed by atoms with van der Waals surface area (Å²) in [7, 11) is 0. The van der Waals surface area contributed by atoms with E-state index in [0.717, 1.165) is 11.1 Å². The maximum absolute atomic E-state index is 13.2. The zero-order valence-corrected chi connectivity index (χ0v) is 19.9. The number of aliphatic imine (C=N–C) groups is 1. The summed E-state index contributed by atoms with van der Waals surface area (Å²) in [6.07, 6.45) is 0. The van der Waals surface area contributed by atoms with Gasteiger partial charge in [0.05, 0.1) is 35.9 Å². The molecule has 0 aromatic heterocycles. The van der Waals surface area contributed by atoms with E-state index in [4.69, 9.17) is 14.5 Å². The molecule has 0 amide bonds. The van der Waals surface area contributed by atoms with Gasteiger partial charge in [0.25, 0.3) is 0 Å². The molecule has 3 aromatic carbocycles. The first-order valence-electron chi connectivity index (χ1n) is 11.7. The summed E-state index contributed by atoms with van der Waals surface area (Å²) in [5, 5.41) is 3.23. The highest BCUT2D eigenvalue weighted by Crippen LogP contribution is 2.28. The van der Waals surface area contributed by atoms with Crippen molar-refractivity contribution in [2.24, 2.45) is 10.9 Å². The van der Waals surface area contributed by atoms with Crippen LogP contribution in [0.5, 0.6) is 5.75 Å². The van der Waals surface area contributed by atoms with Crippen LogP contribution in [0.4, 0.5) is 0 Å². The predicted octanol–water partition coefficient (Wildman–Crippen LogP) is 4.95. The third kappa shape index (κ3) is 5.66. The van der Waals surface area contributed by atoms with Gasteiger partial charge in [-0.2, -0.15) is 0 Å². The van der Waals surface area contributed by atoms with Gasteiger partial charge in [0.1, 0.15) is 18.2 Å². The third-order valence-corrected chi connectivity index (χ3v) is 5.74. The molecule has 3 aromatic rings. The Labute approximate surface area is 205 Å². The number of allylic oxidation sites excluding steroid dienone is 1. The lowest BCUT2D eigenvalue weighted by atomic mass is 9.92. The molecule has 0 radical (unpaired) electrons. The molecule has 0 saturated heterocycles. The number of nitrogens with zero attached hydrogens (tertiary/aromatic N) is 1. The van der Waals surface area contributed by atoms with Crippen molar-refractivity contribution in [1.29, 1.82) is 0 Å². The summed E-state index contributed by atoms with van der Waals surface area (Å²) in [6, 6.07) is 26.5. The van der Waals surface area contributed by atoms with Gasteiger partial charge in [-0.1, -0.05) is 72.8 Å². The monoisotopic (exact) mass is 468 g/mol. The number of esters is 1. The molecule has 0 bridgehead atoms. The molecule has 1 heterocycles. The van der Waals surface area contributed by atoms with E-state index in [1.165, 1.54) is 0 Å². The van der Waals surface area contributed by atoms with Gasteiger partial charge in [-0.15, -0.1) is 0 Å². The number of rotatable bonds is 9. The van der Waals surface area contributed by atoms with E-state index in [1.807, 2.05) is 72.8 Å². The van der Waals surface area contributed by atoms with Gasteiger partial charge in [-0.05, 0) is 31.5 Å². The lowest BCUT2D eigenvalue weighted by Crippen LogP contribution is -2.36. The quantitative estimate of drug-likeness (QED) is 0.355. The minimum atomic E-state index is -0.633. The lowest BCUT2D eigenvalue weighted by Gasteiger charge is -2.24. The Morgan fingerprint density at radius 3 is 2.31 bits per heavy atom. The maximum atomic E-state index is 13.2. The van der Waals surface area contributed by atoms with Crippen LogP contribution in [0.1, 0.15) is 35.3 Å². The van der Waals surface area contributed by atoms with E-state index >= 15 is 0 Å². The van der Waals surface area contributed by atoms with Gasteiger partial charge in [-0.3, -0.25) is 4.79 Å². The van der Waals surface area contributed by atoms with Crippen molar-refractivity contribution in [3.8, 4) is 5.75 Å². The van der Waals surface area contributed by atoms with Crippen LogP contribution in [0.25, 0.3) is 0 Å². The first-order chi connectivity index (χ1) is 17.1. The highest BCUT2D eigenvalue weighted by molar-refractivity contribution is 6.06. The number of hydrogen-bond acceptors (Lipinski definition) is 6. The number of amidine groups is 1. The minimum absolute atomic E-state index is 0.110. The highest BCUT2D eigenvalue weighted by atomic mass is 16.5. The second kappa shape index (κ2) is 11.3. The molecule has 1 aliphatic rings. The minimum Gasteiger partial charge on any atom is -0.488 e. The van der Waals surface area contributed by atoms with E-state index in [-0.39, 0.29) is 18.9 Å². The average Bonchev–Trinajstić information content (AvgIpc) is 2.92. The van der Waals surface area contributed by atoms with Gasteiger partial charge < -0.3 is 14.8 Å². The number of ketones is 1. The molecule has 178 valence electrons. The van der Waals surface area contributed by atoms with Crippen molar-refractivity contribution in [2.75, 3.05) is 13.2 Å². The van der Waals surface area contributed by atoms with E-state index in [2.05, 4.69) is 5.32 Å². The van der Waals surface area contributed by atoms with Crippen LogP contribution in [-0.4, -0.2) is 30.7 Å². The number of ether oxygens (including phenoxy) is 2. The third-order valence-electron chi connectivity index (χ3n) is 5.74. The van der Waals surface area contributed by atoms with Gasteiger partial charge in [0, 0.05) is 5.56 Å². The van der Waals surface area contributed by atoms with Gasteiger partial charge >= 0.3 is 5.97 Å². The van der Waals surface area contributed by atoms with Crippen molar-refractivity contribution in [2.45, 2.75) is 20.5 Å². The molecule has 0 spiro atoms. The van der Waals surface area contributed by atoms with Crippen LogP contribution < -0.4 is 10.1 Å². The van der Waals surface area contributed by atoms with Crippen molar-refractivity contribution >= 4 is 17.6 Å². The van der Waals surface area contributed by atoms with Gasteiger partial charge in [-0.25, -0.2) is 9.79 Å². The second-order valence-electron chi connectivity index (χ2n) is 8.12. The first kappa shape index (κ1) is 24.0. The van der Waals surface area contributed by atoms with Gasteiger partial charge in [0.2, 0.25) is 0 Å². The van der Waals surface area contributed by atoms with Crippen molar-refractivity contribution in [1.82, 2.24) is 5.32 Å². The standard InChI is InChI=1S/C29H28N2O4/c1-3-34-29(33)24-18-30-28(31-26(24)20(2)27(32)22-14-8-5-9-15-22)23-16-10-11-17-25(23)35-19-21-12-6-4-7-13-21/h4-17,20H,3,18-19H2,1-2H3,(H,30,31). The molecule has 0 saturated carbocycles. The molecule has 4 rings (SSSR count). The Morgan fingerprint density at radius 1 is 0.943 bits per heavy atom. The second-order valence-corrected chi connectivity index (χ2v) is 8.12. The first-order valence-corrected chi connectivity index (χ1v) is 11.7. The van der Waals surface area contributed by atoms with Crippen molar-refractivity contribution in [3.63, 3.8) is 0 Å². The smallest absolute Gasteiger partial charge is 0.337 e. The average molecular weight is 469 g/mol. The highest BCUT2D eigenvalue weighted by Gasteiger charge is 2.30. The zero-order chi connectivity index (χ0) is 24.6. The molecule has 1 atom stereocenters. The largest absolute Gasteiger partial charge is 0.488 e. The fourth-order valence-corrected chi connectivity index (χ4v) is 3.90. The topological polar surface area (TPSA) is 77.0 Å². The summed E-state index contributed by atoms with van der Waals surface area (Å²) in [5.74, 6) is -0.0144. The molecular weight excluding hydrogens is 440 g/mol. The van der Waals surface area contributed by atoms with Crippen LogP contribution >= 0.6 is 0 Å². The normalized spacial score (nSPS) is 13.9. The maximum Gasteiger partial charge on any atom is 0.337 e. The summed E-state index contributed by atoms with van der Waals surface area (Å²) < 4.78 is 11.4. The van der Waals surface area contributed by atoms with Crippen molar-refractivity contribution in [3.05, 3.63) is 113 Å². The summed E-state index contributed by atoms with van der Waals surface area (Å²) in [6.45, 7) is 4.37. The number of hydrogen-bond donors (Lipinski definition) is 1. The van der Waals surface area contributed by atoms with Crippen LogP contribution in [-0.2, 0) is 16.1 Å². The molecule has 0 fully saturated rings. The number of carbonyl (C=O) groups is 2. The van der Waals surface area contributed by atoms with E-state index in [0.29, 0.717) is 35.0 Å². The Balaban J connectivity index is 1.69. The van der Waals surface area contributed by atoms with E-state index in [1.54, 1.807) is 26.0 Å². The number of Topliss-reactive ketones (excluding diaryl/α,β-unsaturated/α-hetero) is 1. The predicted molar refractivity (Wildman–Crippen MR) is 135 cm³/mol. The molecule has 1 aliphatic heterocycles. The Hall–Kier alpha value is -4.19. The Bertz CT molecular complexity index is 1250. The fraction of sp³-hybridized carbons (Fsp3) is 0.207. The van der Waals surface area contributed by atoms with Crippen LogP contribution in [0, 0.1) is 5.92 Å². The number of carbonyl (C=O) groups excluding carboxylic acids is 2. The summed E-state index contributed by atoms with van der Waals surface area (Å²) in [5.41, 5.74) is 3.13. The molecule has 35 heavy (non-hydrogen) atoms. The van der Waals surface area contributed by atoms with Crippen LogP contribution in [0.15, 0.2) is 101 Å². The molecule has 1 N–H and O–H groups in total. The number of benzene rings is 3. The Morgan fingerprint density at radius 2 is 1.60 bits per heavy atom. The molecule has 6 nitrogen and oxygen atoms in total. The van der Waals surface area contributed by atoms with E-state index in [9.17, 15) is 9.59 Å². The van der Waals surface area contributed by atoms with Gasteiger partial charge in [0.15, 0.2) is 5.78 Å².